The second kappa shape index (κ2) is 4.12. The number of aromatic carboxylic acids is 1. The maximum Gasteiger partial charge on any atom is 0.365 e. The summed E-state index contributed by atoms with van der Waals surface area (Å²) in [6.45, 7) is 0.354. The van der Waals surface area contributed by atoms with E-state index >= 15 is 0 Å². The summed E-state index contributed by atoms with van der Waals surface area (Å²) in [5.74, 6) is -0.757. The van der Waals surface area contributed by atoms with Crippen LogP contribution in [0.2, 0.25) is 0 Å². The fourth-order valence-corrected chi connectivity index (χ4v) is 1.85. The van der Waals surface area contributed by atoms with Crippen molar-refractivity contribution < 1.29 is 9.90 Å². The highest BCUT2D eigenvalue weighted by atomic mass is 32.1. The van der Waals surface area contributed by atoms with Crippen LogP contribution in [-0.2, 0) is 6.54 Å². The number of hydrogen-bond donors (Lipinski definition) is 1. The average Bonchev–Trinajstić information content (AvgIpc) is 2.87. The number of hydrogen-bond acceptors (Lipinski definition) is 5. The Bertz CT molecular complexity index is 566. The lowest BCUT2D eigenvalue weighted by Gasteiger charge is -1.98. The number of nitriles is 1. The molecule has 0 amide bonds. The average molecular weight is 234 g/mol. The second-order valence-corrected chi connectivity index (χ2v) is 3.80. The van der Waals surface area contributed by atoms with Crippen LogP contribution in [-0.4, -0.2) is 25.6 Å². The summed E-state index contributed by atoms with van der Waals surface area (Å²) in [5.41, 5.74) is 0.608. The quantitative estimate of drug-likeness (QED) is 0.853. The molecule has 0 atom stereocenters. The van der Waals surface area contributed by atoms with Gasteiger partial charge in [0, 0.05) is 17.8 Å². The molecule has 2 aromatic heterocycles. The summed E-state index contributed by atoms with van der Waals surface area (Å²) < 4.78 is 1.61. The Morgan fingerprint density at radius 1 is 1.69 bits per heavy atom. The molecule has 0 bridgehead atoms. The molecule has 1 N–H and O–H groups in total. The van der Waals surface area contributed by atoms with Crippen LogP contribution in [0.25, 0.3) is 0 Å². The Kier molecular flexibility index (Phi) is 2.66. The van der Waals surface area contributed by atoms with Crippen molar-refractivity contribution in [3.8, 4) is 6.07 Å². The summed E-state index contributed by atoms with van der Waals surface area (Å²) in [6, 6.07) is 1.94. The molecule has 0 aliphatic carbocycles. The number of carboxylic acids is 1. The molecule has 2 heterocycles. The van der Waals surface area contributed by atoms with E-state index in [1.807, 2.05) is 6.07 Å². The molecule has 0 aliphatic heterocycles. The minimum Gasteiger partial charge on any atom is -0.476 e. The number of aromatic nitrogens is 3. The molecule has 6 nitrogen and oxygen atoms in total. The lowest BCUT2D eigenvalue weighted by Crippen LogP contribution is -2.03. The molecule has 0 fully saturated rings. The monoisotopic (exact) mass is 234 g/mol. The van der Waals surface area contributed by atoms with Crippen molar-refractivity contribution in [2.24, 2.45) is 0 Å². The van der Waals surface area contributed by atoms with Gasteiger partial charge in [0.15, 0.2) is 0 Å². The molecular weight excluding hydrogens is 228 g/mol. The first-order valence-electron chi connectivity index (χ1n) is 4.29. The third kappa shape index (κ3) is 1.92. The molecule has 0 unspecified atom stereocenters. The number of rotatable bonds is 3. The van der Waals surface area contributed by atoms with E-state index in [9.17, 15) is 4.79 Å². The van der Waals surface area contributed by atoms with E-state index in [1.165, 1.54) is 6.20 Å². The fourth-order valence-electron chi connectivity index (χ4n) is 1.20. The van der Waals surface area contributed by atoms with E-state index in [0.717, 1.165) is 11.3 Å². The third-order valence-electron chi connectivity index (χ3n) is 1.88. The van der Waals surface area contributed by atoms with Gasteiger partial charge in [-0.15, -0.1) is 11.3 Å². The predicted molar refractivity (Wildman–Crippen MR) is 55.1 cm³/mol. The van der Waals surface area contributed by atoms with E-state index in [1.54, 1.807) is 16.1 Å². The van der Waals surface area contributed by atoms with Gasteiger partial charge >= 0.3 is 5.97 Å². The van der Waals surface area contributed by atoms with Crippen molar-refractivity contribution >= 4 is 17.3 Å². The van der Waals surface area contributed by atoms with Crippen molar-refractivity contribution in [1.82, 2.24) is 14.5 Å². The van der Waals surface area contributed by atoms with E-state index in [4.69, 9.17) is 10.4 Å². The number of carboxylic acid groups (broad SMARTS) is 1. The molecule has 0 saturated carbocycles. The maximum atomic E-state index is 10.6. The first kappa shape index (κ1) is 10.3. The van der Waals surface area contributed by atoms with Crippen LogP contribution < -0.4 is 0 Å². The molecule has 0 saturated heterocycles. The van der Waals surface area contributed by atoms with Crippen LogP contribution in [0.3, 0.4) is 0 Å². The number of carbonyl (C=O) groups is 1. The van der Waals surface area contributed by atoms with Crippen LogP contribution in [0.5, 0.6) is 0 Å². The van der Waals surface area contributed by atoms with Crippen molar-refractivity contribution in [3.63, 3.8) is 0 Å². The number of thiazole rings is 1. The molecular formula is C9H6N4O2S. The van der Waals surface area contributed by atoms with Crippen molar-refractivity contribution in [1.29, 1.82) is 5.26 Å². The summed E-state index contributed by atoms with van der Waals surface area (Å²) in [7, 11) is 0. The van der Waals surface area contributed by atoms with Gasteiger partial charge in [-0.1, -0.05) is 0 Å². The van der Waals surface area contributed by atoms with E-state index in [-0.39, 0.29) is 10.8 Å². The summed E-state index contributed by atoms with van der Waals surface area (Å²) in [6.07, 6.45) is 3.17. The lowest BCUT2D eigenvalue weighted by molar-refractivity contribution is 0.0696. The Morgan fingerprint density at radius 2 is 2.50 bits per heavy atom. The first-order valence-corrected chi connectivity index (χ1v) is 5.17. The molecule has 2 aromatic rings. The van der Waals surface area contributed by atoms with Gasteiger partial charge in [0.2, 0.25) is 10.8 Å². The molecule has 16 heavy (non-hydrogen) atoms. The highest BCUT2D eigenvalue weighted by molar-refractivity contribution is 7.11. The van der Waals surface area contributed by atoms with Crippen molar-refractivity contribution in [2.75, 3.05) is 0 Å². The summed E-state index contributed by atoms with van der Waals surface area (Å²) >= 11 is 1.07. The van der Waals surface area contributed by atoms with Gasteiger partial charge in [-0.25, -0.2) is 14.8 Å². The van der Waals surface area contributed by atoms with Crippen LogP contribution in [0.4, 0.5) is 0 Å². The van der Waals surface area contributed by atoms with Gasteiger partial charge in [-0.3, -0.25) is 0 Å². The maximum absolute atomic E-state index is 10.6. The molecule has 0 radical (unpaired) electrons. The lowest BCUT2D eigenvalue weighted by atomic mass is 10.4. The topological polar surface area (TPSA) is 91.8 Å². The van der Waals surface area contributed by atoms with Gasteiger partial charge in [-0.2, -0.15) is 5.26 Å². The zero-order valence-corrected chi connectivity index (χ0v) is 8.81. The van der Waals surface area contributed by atoms with Crippen LogP contribution in [0.15, 0.2) is 17.8 Å². The molecule has 0 spiro atoms. The van der Waals surface area contributed by atoms with Gasteiger partial charge in [-0.05, 0) is 0 Å². The molecule has 80 valence electrons. The smallest absolute Gasteiger partial charge is 0.365 e. The molecule has 2 rings (SSSR count). The van der Waals surface area contributed by atoms with Gasteiger partial charge in [0.05, 0.1) is 12.2 Å². The fraction of sp³-hybridized carbons (Fsp3) is 0.111. The third-order valence-corrected chi connectivity index (χ3v) is 2.76. The minimum atomic E-state index is -1.04. The minimum absolute atomic E-state index is 0.0497. The summed E-state index contributed by atoms with van der Waals surface area (Å²) in [4.78, 5) is 18.4. The van der Waals surface area contributed by atoms with Crippen molar-refractivity contribution in [3.05, 3.63) is 34.3 Å². The van der Waals surface area contributed by atoms with Crippen LogP contribution in [0, 0.1) is 11.3 Å². The van der Waals surface area contributed by atoms with Crippen LogP contribution >= 0.6 is 11.3 Å². The second-order valence-electron chi connectivity index (χ2n) is 2.94. The zero-order chi connectivity index (χ0) is 11.5. The van der Waals surface area contributed by atoms with Crippen LogP contribution in [0.1, 0.15) is 21.3 Å². The molecule has 0 aromatic carbocycles. The number of nitrogens with zero attached hydrogens (tertiary/aromatic N) is 4. The van der Waals surface area contributed by atoms with E-state index < -0.39 is 5.97 Å². The molecule has 7 heteroatoms. The predicted octanol–water partition coefficient (Wildman–Crippen LogP) is 0.958. The largest absolute Gasteiger partial charge is 0.476 e. The van der Waals surface area contributed by atoms with E-state index in [0.29, 0.717) is 12.2 Å². The van der Waals surface area contributed by atoms with E-state index in [2.05, 4.69) is 9.97 Å². The van der Waals surface area contributed by atoms with Gasteiger partial charge in [0.1, 0.15) is 6.07 Å². The highest BCUT2D eigenvalue weighted by Gasteiger charge is 2.10. The Morgan fingerprint density at radius 3 is 3.12 bits per heavy atom. The van der Waals surface area contributed by atoms with Gasteiger partial charge < -0.3 is 9.67 Å². The standard InChI is InChI=1S/C9H6N4O2S/c10-3-7-11-1-2-13(7)4-6-5-16-8(12-6)9(14)15/h1-2,5H,4H2,(H,14,15). The highest BCUT2D eigenvalue weighted by Crippen LogP contribution is 2.11. The Balaban J connectivity index is 2.21. The Hall–Kier alpha value is -2.20. The zero-order valence-electron chi connectivity index (χ0n) is 7.99. The number of imidazole rings is 1. The first-order chi connectivity index (χ1) is 7.70. The van der Waals surface area contributed by atoms with Crippen molar-refractivity contribution in [2.45, 2.75) is 6.54 Å². The normalized spacial score (nSPS) is 9.94. The molecule has 0 aliphatic rings. The summed E-state index contributed by atoms with van der Waals surface area (Å²) in [5, 5.41) is 19.1. The Labute approximate surface area is 94.4 Å². The SMILES string of the molecule is N#Cc1nccn1Cc1csc(C(=O)O)n1. The van der Waals surface area contributed by atoms with Gasteiger partial charge in [0.25, 0.3) is 0 Å².